The Bertz CT molecular complexity index is 3020. The van der Waals surface area contributed by atoms with Crippen LogP contribution in [0.25, 0.3) is 107 Å². The molecule has 286 valence electrons. The van der Waals surface area contributed by atoms with Crippen molar-refractivity contribution in [2.24, 2.45) is 0 Å². The molecule has 7 nitrogen and oxygen atoms in total. The van der Waals surface area contributed by atoms with Crippen molar-refractivity contribution in [3.05, 3.63) is 212 Å². The van der Waals surface area contributed by atoms with Crippen LogP contribution in [0.3, 0.4) is 0 Å². The number of benzene rings is 8. The van der Waals surface area contributed by atoms with Crippen LogP contribution < -0.4 is 0 Å². The van der Waals surface area contributed by atoms with Crippen LogP contribution in [0.15, 0.2) is 212 Å². The van der Waals surface area contributed by atoms with E-state index in [4.69, 9.17) is 29.9 Å². The highest BCUT2D eigenvalue weighted by Gasteiger charge is 2.18. The summed E-state index contributed by atoms with van der Waals surface area (Å²) in [5, 5.41) is 2.45. The van der Waals surface area contributed by atoms with Gasteiger partial charge < -0.3 is 4.57 Å². The monoisotopic (exact) mass is 781 g/mol. The Morgan fingerprint density at radius 1 is 0.230 bits per heavy atom. The summed E-state index contributed by atoms with van der Waals surface area (Å²) in [6, 6.07) is 72.4. The molecule has 8 aromatic carbocycles. The molecule has 0 N–H and O–H groups in total. The summed E-state index contributed by atoms with van der Waals surface area (Å²) in [4.78, 5) is 30.4. The number of hydrogen-bond donors (Lipinski definition) is 0. The highest BCUT2D eigenvalue weighted by atomic mass is 15.0. The molecule has 0 saturated heterocycles. The third-order valence-corrected chi connectivity index (χ3v) is 10.9. The first-order valence-electron chi connectivity index (χ1n) is 20.2. The largest absolute Gasteiger partial charge is 0.309 e. The Labute approximate surface area is 352 Å². The molecule has 0 radical (unpaired) electrons. The van der Waals surface area contributed by atoms with E-state index in [-0.39, 0.29) is 0 Å². The van der Waals surface area contributed by atoms with E-state index in [1.807, 2.05) is 121 Å². The first-order chi connectivity index (χ1) is 30.2. The summed E-state index contributed by atoms with van der Waals surface area (Å²) >= 11 is 0. The Kier molecular flexibility index (Phi) is 9.02. The second kappa shape index (κ2) is 15.4. The Morgan fingerprint density at radius 3 is 0.885 bits per heavy atom. The quantitative estimate of drug-likeness (QED) is 0.153. The number of nitrogens with zero attached hydrogens (tertiary/aromatic N) is 7. The minimum absolute atomic E-state index is 0.540. The van der Waals surface area contributed by atoms with Gasteiger partial charge in [0.05, 0.1) is 11.0 Å². The molecule has 0 fully saturated rings. The summed E-state index contributed by atoms with van der Waals surface area (Å²) in [7, 11) is 0. The van der Waals surface area contributed by atoms with Crippen molar-refractivity contribution < 1.29 is 0 Å². The minimum atomic E-state index is 0.540. The Morgan fingerprint density at radius 2 is 0.525 bits per heavy atom. The fourth-order valence-electron chi connectivity index (χ4n) is 7.93. The molecule has 11 aromatic rings. The summed E-state index contributed by atoms with van der Waals surface area (Å²) in [5.41, 5.74) is 10.6. The molecule has 0 aliphatic heterocycles. The van der Waals surface area contributed by atoms with Gasteiger partial charge in [-0.1, -0.05) is 170 Å². The van der Waals surface area contributed by atoms with Crippen LogP contribution in [0.2, 0.25) is 0 Å². The summed E-state index contributed by atoms with van der Waals surface area (Å²) < 4.78 is 2.33. The van der Waals surface area contributed by atoms with Crippen LogP contribution in [-0.2, 0) is 0 Å². The van der Waals surface area contributed by atoms with Crippen LogP contribution in [-0.4, -0.2) is 34.5 Å². The van der Waals surface area contributed by atoms with Crippen molar-refractivity contribution >= 4 is 21.8 Å². The van der Waals surface area contributed by atoms with Gasteiger partial charge >= 0.3 is 0 Å². The fourth-order valence-corrected chi connectivity index (χ4v) is 7.93. The van der Waals surface area contributed by atoms with E-state index in [1.165, 1.54) is 10.8 Å². The van der Waals surface area contributed by atoms with Gasteiger partial charge in [-0.3, -0.25) is 0 Å². The van der Waals surface area contributed by atoms with E-state index in [0.29, 0.717) is 34.9 Å². The minimum Gasteiger partial charge on any atom is -0.309 e. The SMILES string of the molecule is c1ccc(-c2nc(-c3ccccc3)nc(-c3cc(-c4ccc(-n5c6ccccc6c6ccccc65)cc4)cc(-c4nc(-c5ccccc5)nc(-c5ccccc5)n4)c3)n2)cc1. The number of aromatic nitrogens is 7. The van der Waals surface area contributed by atoms with Crippen molar-refractivity contribution in [2.45, 2.75) is 0 Å². The van der Waals surface area contributed by atoms with Gasteiger partial charge in [-0.15, -0.1) is 0 Å². The predicted molar refractivity (Wildman–Crippen MR) is 246 cm³/mol. The van der Waals surface area contributed by atoms with E-state index in [1.54, 1.807) is 0 Å². The molecule has 0 aliphatic rings. The third kappa shape index (κ3) is 6.90. The van der Waals surface area contributed by atoms with Crippen molar-refractivity contribution in [1.29, 1.82) is 0 Å². The molecule has 3 aromatic heterocycles. The highest BCUT2D eigenvalue weighted by molar-refractivity contribution is 6.09. The molecular formula is C54H35N7. The van der Waals surface area contributed by atoms with Crippen LogP contribution in [0, 0.1) is 0 Å². The van der Waals surface area contributed by atoms with E-state index in [0.717, 1.165) is 61.2 Å². The van der Waals surface area contributed by atoms with E-state index in [2.05, 4.69) is 95.6 Å². The van der Waals surface area contributed by atoms with Crippen molar-refractivity contribution in [1.82, 2.24) is 34.5 Å². The molecular weight excluding hydrogens is 747 g/mol. The van der Waals surface area contributed by atoms with Gasteiger partial charge in [0.15, 0.2) is 34.9 Å². The van der Waals surface area contributed by atoms with Gasteiger partial charge in [0, 0.05) is 49.8 Å². The maximum Gasteiger partial charge on any atom is 0.164 e. The van der Waals surface area contributed by atoms with Crippen LogP contribution >= 0.6 is 0 Å². The van der Waals surface area contributed by atoms with Gasteiger partial charge in [0.25, 0.3) is 0 Å². The molecule has 0 aliphatic carbocycles. The predicted octanol–water partition coefficient (Wildman–Crippen LogP) is 12.8. The zero-order valence-electron chi connectivity index (χ0n) is 32.8. The highest BCUT2D eigenvalue weighted by Crippen LogP contribution is 2.36. The average molecular weight is 782 g/mol. The molecule has 0 bridgehead atoms. The van der Waals surface area contributed by atoms with Gasteiger partial charge in [-0.25, -0.2) is 29.9 Å². The summed E-state index contributed by atoms with van der Waals surface area (Å²) in [6.07, 6.45) is 0. The maximum atomic E-state index is 5.13. The van der Waals surface area contributed by atoms with Gasteiger partial charge in [0.2, 0.25) is 0 Å². The number of hydrogen-bond acceptors (Lipinski definition) is 6. The molecule has 0 spiro atoms. The summed E-state index contributed by atoms with van der Waals surface area (Å²) in [5.74, 6) is 3.43. The normalized spacial score (nSPS) is 11.3. The van der Waals surface area contributed by atoms with Crippen LogP contribution in [0.5, 0.6) is 0 Å². The van der Waals surface area contributed by atoms with Crippen LogP contribution in [0.1, 0.15) is 0 Å². The molecule has 3 heterocycles. The van der Waals surface area contributed by atoms with Crippen LogP contribution in [0.4, 0.5) is 0 Å². The van der Waals surface area contributed by atoms with E-state index in [9.17, 15) is 0 Å². The zero-order valence-corrected chi connectivity index (χ0v) is 32.8. The smallest absolute Gasteiger partial charge is 0.164 e. The number of para-hydroxylation sites is 2. The topological polar surface area (TPSA) is 82.3 Å². The lowest BCUT2D eigenvalue weighted by Gasteiger charge is -2.14. The fraction of sp³-hybridized carbons (Fsp3) is 0. The molecule has 11 rings (SSSR count). The Balaban J connectivity index is 1.12. The second-order valence-corrected chi connectivity index (χ2v) is 14.8. The van der Waals surface area contributed by atoms with E-state index < -0.39 is 0 Å². The first-order valence-corrected chi connectivity index (χ1v) is 20.2. The standard InChI is InChI=1S/C54H35N7/c1-5-17-37(18-6-1)49-55-50(38-19-7-2-8-20-38)58-53(57-49)42-33-41(36-29-31-44(32-30-36)61-47-27-15-13-25-45(47)46-26-14-16-28-48(46)61)34-43(35-42)54-59-51(39-21-9-3-10-22-39)56-52(60-54)40-23-11-4-12-24-40/h1-35H. The van der Waals surface area contributed by atoms with Gasteiger partial charge in [-0.05, 0) is 53.6 Å². The number of rotatable bonds is 8. The maximum absolute atomic E-state index is 5.13. The molecule has 0 amide bonds. The van der Waals surface area contributed by atoms with E-state index >= 15 is 0 Å². The van der Waals surface area contributed by atoms with Gasteiger partial charge in [0.1, 0.15) is 0 Å². The second-order valence-electron chi connectivity index (χ2n) is 14.8. The third-order valence-electron chi connectivity index (χ3n) is 10.9. The summed E-state index contributed by atoms with van der Waals surface area (Å²) in [6.45, 7) is 0. The lowest BCUT2D eigenvalue weighted by Crippen LogP contribution is -2.02. The average Bonchev–Trinajstić information content (AvgIpc) is 3.69. The van der Waals surface area contributed by atoms with Crippen molar-refractivity contribution in [2.75, 3.05) is 0 Å². The van der Waals surface area contributed by atoms with Crippen molar-refractivity contribution in [3.8, 4) is 85.1 Å². The molecule has 0 unspecified atom stereocenters. The molecule has 0 atom stereocenters. The molecule has 7 heteroatoms. The van der Waals surface area contributed by atoms with Gasteiger partial charge in [-0.2, -0.15) is 0 Å². The number of fused-ring (bicyclic) bond motifs is 3. The first kappa shape index (κ1) is 35.7. The zero-order chi connectivity index (χ0) is 40.5. The lowest BCUT2D eigenvalue weighted by molar-refractivity contribution is 1.07. The molecule has 0 saturated carbocycles. The Hall–Kier alpha value is -8.42. The lowest BCUT2D eigenvalue weighted by atomic mass is 9.98. The van der Waals surface area contributed by atoms with Crippen molar-refractivity contribution in [3.63, 3.8) is 0 Å². The molecule has 61 heavy (non-hydrogen) atoms.